The summed E-state index contributed by atoms with van der Waals surface area (Å²) in [5.41, 5.74) is 0. The molecule has 0 amide bonds. The first-order chi connectivity index (χ1) is 10.7. The van der Waals surface area contributed by atoms with E-state index in [1.807, 2.05) is 0 Å². The third-order valence-corrected chi connectivity index (χ3v) is 0.716. The highest BCUT2D eigenvalue weighted by Gasteiger charge is 2.01. The Labute approximate surface area is 125 Å². The minimum atomic E-state index is -2.58. The van der Waals surface area contributed by atoms with E-state index in [0.29, 0.717) is 7.18 Å². The van der Waals surface area contributed by atoms with Crippen molar-refractivity contribution in [2.45, 2.75) is 6.92 Å². The Bertz CT molecular complexity index is 230. The standard InChI is InChI=1S/2C3H2F4.C2H4F2.C2H5F.CH3F/c2*4-1-2(5)3(6)7;3-1-2-4;1-2-3;1-2/h2*1H2;1-2H2;2H2,1H3;1H3. The lowest BCUT2D eigenvalue weighted by molar-refractivity contribution is 0.348. The van der Waals surface area contributed by atoms with Crippen molar-refractivity contribution in [1.29, 1.82) is 0 Å². The van der Waals surface area contributed by atoms with Crippen LogP contribution in [0.15, 0.2) is 23.8 Å². The van der Waals surface area contributed by atoms with Crippen LogP contribution < -0.4 is 0 Å². The predicted molar refractivity (Wildman–Crippen MR) is 63.3 cm³/mol. The van der Waals surface area contributed by atoms with Crippen LogP contribution in [0, 0.1) is 0 Å². The maximum Gasteiger partial charge on any atom is 0.304 e. The SMILES string of the molecule is CCF.CF.FCC(F)=C(F)F.FCC(F)=C(F)F.FCCF. The van der Waals surface area contributed by atoms with E-state index in [-0.39, 0.29) is 6.67 Å². The van der Waals surface area contributed by atoms with Crippen molar-refractivity contribution in [3.05, 3.63) is 23.8 Å². The van der Waals surface area contributed by atoms with Crippen molar-refractivity contribution in [1.82, 2.24) is 0 Å². The summed E-state index contributed by atoms with van der Waals surface area (Å²) in [6.07, 6.45) is -5.16. The summed E-state index contributed by atoms with van der Waals surface area (Å²) in [5, 5.41) is 0. The number of allylic oxidation sites excluding steroid dienone is 2. The van der Waals surface area contributed by atoms with Crippen molar-refractivity contribution in [3.8, 4) is 0 Å². The molecule has 0 N–H and O–H groups in total. The summed E-state index contributed by atoms with van der Waals surface area (Å²) in [4.78, 5) is 0. The second-order valence-corrected chi connectivity index (χ2v) is 2.24. The lowest BCUT2D eigenvalue weighted by Crippen LogP contribution is -1.74. The van der Waals surface area contributed by atoms with E-state index in [4.69, 9.17) is 0 Å². The van der Waals surface area contributed by atoms with Crippen molar-refractivity contribution in [3.63, 3.8) is 0 Å². The molecule has 0 saturated carbocycles. The molecule has 0 saturated heterocycles. The van der Waals surface area contributed by atoms with Crippen LogP contribution in [0.3, 0.4) is 0 Å². The molecule has 0 unspecified atom stereocenters. The first kappa shape index (κ1) is 33.3. The molecule has 0 atom stereocenters. The average molecular weight is 376 g/mol. The molecule has 0 aromatic rings. The number of halogens is 12. The number of alkyl halides is 6. The van der Waals surface area contributed by atoms with Gasteiger partial charge in [-0.05, 0) is 6.92 Å². The highest BCUT2D eigenvalue weighted by Crippen LogP contribution is 2.08. The predicted octanol–water partition coefficient (Wildman–Crippen LogP) is 6.55. The molecule has 0 rings (SSSR count). The van der Waals surface area contributed by atoms with Gasteiger partial charge in [-0.1, -0.05) is 0 Å². The molecule has 0 bridgehead atoms. The fourth-order valence-corrected chi connectivity index (χ4v) is 0.101. The third kappa shape index (κ3) is 52.9. The Morgan fingerprint density at radius 2 is 0.739 bits per heavy atom. The molecule has 23 heavy (non-hydrogen) atoms. The van der Waals surface area contributed by atoms with Crippen LogP contribution >= 0.6 is 0 Å². The fourth-order valence-electron chi connectivity index (χ4n) is 0.101. The smallest absolute Gasteiger partial charge is 0.255 e. The van der Waals surface area contributed by atoms with E-state index < -0.39 is 50.5 Å². The van der Waals surface area contributed by atoms with Crippen LogP contribution in [-0.2, 0) is 0 Å². The second kappa shape index (κ2) is 32.5. The molecule has 0 heterocycles. The first-order valence-electron chi connectivity index (χ1n) is 5.26. The quantitative estimate of drug-likeness (QED) is 0.490. The normalized spacial score (nSPS) is 7.57. The topological polar surface area (TPSA) is 0 Å². The summed E-state index contributed by atoms with van der Waals surface area (Å²) in [7, 11) is 0.500. The van der Waals surface area contributed by atoms with E-state index in [1.54, 1.807) is 0 Å². The lowest BCUT2D eigenvalue weighted by atomic mass is 10.6. The number of hydrogen-bond donors (Lipinski definition) is 0. The van der Waals surface area contributed by atoms with Gasteiger partial charge < -0.3 is 0 Å². The first-order valence-corrected chi connectivity index (χ1v) is 5.26. The molecular weight excluding hydrogens is 360 g/mol. The van der Waals surface area contributed by atoms with Gasteiger partial charge in [0.2, 0.25) is 0 Å². The van der Waals surface area contributed by atoms with Crippen LogP contribution in [0.2, 0.25) is 0 Å². The van der Waals surface area contributed by atoms with Crippen LogP contribution in [-0.4, -0.2) is 40.6 Å². The van der Waals surface area contributed by atoms with Gasteiger partial charge in [-0.25, -0.2) is 26.3 Å². The van der Waals surface area contributed by atoms with E-state index in [1.165, 1.54) is 6.92 Å². The largest absolute Gasteiger partial charge is 0.304 e. The monoisotopic (exact) mass is 376 g/mol. The maximum atomic E-state index is 11.0. The van der Waals surface area contributed by atoms with Gasteiger partial charge >= 0.3 is 12.2 Å². The molecular formula is C11H16F12. The third-order valence-electron chi connectivity index (χ3n) is 0.716. The Hall–Kier alpha value is -1.36. The molecule has 0 aromatic carbocycles. The zero-order valence-corrected chi connectivity index (χ0v) is 12.1. The van der Waals surface area contributed by atoms with Crippen LogP contribution in [0.4, 0.5) is 52.7 Å². The van der Waals surface area contributed by atoms with Crippen molar-refractivity contribution < 1.29 is 52.7 Å². The van der Waals surface area contributed by atoms with Gasteiger partial charge in [0.15, 0.2) is 11.7 Å². The number of rotatable bonds is 3. The van der Waals surface area contributed by atoms with Gasteiger partial charge in [-0.15, -0.1) is 0 Å². The van der Waals surface area contributed by atoms with Gasteiger partial charge in [0.05, 0.1) is 13.9 Å². The van der Waals surface area contributed by atoms with E-state index >= 15 is 0 Å². The van der Waals surface area contributed by atoms with Crippen LogP contribution in [0.1, 0.15) is 6.92 Å². The van der Waals surface area contributed by atoms with E-state index in [0.717, 1.165) is 0 Å². The highest BCUT2D eigenvalue weighted by atomic mass is 19.3. The van der Waals surface area contributed by atoms with Gasteiger partial charge in [0.1, 0.15) is 26.7 Å². The molecule has 0 aliphatic rings. The Balaban J connectivity index is -0.0000000633. The van der Waals surface area contributed by atoms with Crippen molar-refractivity contribution in [2.75, 3.05) is 40.6 Å². The molecule has 12 heteroatoms. The molecule has 0 aliphatic heterocycles. The van der Waals surface area contributed by atoms with E-state index in [2.05, 4.69) is 0 Å². The molecule has 0 fully saturated rings. The Morgan fingerprint density at radius 3 is 0.739 bits per heavy atom. The van der Waals surface area contributed by atoms with Gasteiger partial charge in [-0.3, -0.25) is 8.78 Å². The highest BCUT2D eigenvalue weighted by molar-refractivity contribution is 4.90. The summed E-state index contributed by atoms with van der Waals surface area (Å²) in [5.74, 6) is -3.97. The lowest BCUT2D eigenvalue weighted by Gasteiger charge is -1.79. The fraction of sp³-hybridized carbons (Fsp3) is 0.636. The summed E-state index contributed by atoms with van der Waals surface area (Å²) in [6.45, 7) is -3.93. The van der Waals surface area contributed by atoms with Crippen LogP contribution in [0.5, 0.6) is 0 Å². The van der Waals surface area contributed by atoms with Crippen molar-refractivity contribution >= 4 is 0 Å². The Morgan fingerprint density at radius 1 is 0.565 bits per heavy atom. The Kier molecular flexibility index (Phi) is 47.1. The molecule has 0 nitrogen and oxygen atoms in total. The zero-order chi connectivity index (χ0) is 19.8. The van der Waals surface area contributed by atoms with Crippen LogP contribution in [0.25, 0.3) is 0 Å². The molecule has 0 aliphatic carbocycles. The van der Waals surface area contributed by atoms with Gasteiger partial charge in [0, 0.05) is 0 Å². The number of hydrogen-bond acceptors (Lipinski definition) is 0. The molecule has 144 valence electrons. The van der Waals surface area contributed by atoms with Gasteiger partial charge in [-0.2, -0.15) is 17.6 Å². The molecule has 0 aromatic heterocycles. The second-order valence-electron chi connectivity index (χ2n) is 2.24. The summed E-state index contributed by atoms with van der Waals surface area (Å²) in [6, 6.07) is 0. The van der Waals surface area contributed by atoms with Crippen molar-refractivity contribution in [2.24, 2.45) is 0 Å². The maximum absolute atomic E-state index is 11.0. The minimum absolute atomic E-state index is 0.250. The summed E-state index contributed by atoms with van der Waals surface area (Å²) >= 11 is 0. The molecule has 0 spiro atoms. The van der Waals surface area contributed by atoms with Gasteiger partial charge in [0.25, 0.3) is 0 Å². The zero-order valence-electron chi connectivity index (χ0n) is 12.1. The molecule has 0 radical (unpaired) electrons. The minimum Gasteiger partial charge on any atom is -0.255 e. The average Bonchev–Trinajstić information content (AvgIpc) is 2.56. The summed E-state index contributed by atoms with van der Waals surface area (Å²) < 4.78 is 127. The van der Waals surface area contributed by atoms with E-state index in [9.17, 15) is 52.7 Å².